The molecule has 0 radical (unpaired) electrons. The zero-order valence-corrected chi connectivity index (χ0v) is 13.3. The van der Waals surface area contributed by atoms with Crippen LogP contribution < -0.4 is 14.8 Å². The SMILES string of the molecule is Cc1cnn([C@H]2[C@H](O)C[C@@H]2NC(=O)Cc2ccc3c(c2)OCO3)c1. The molecule has 1 fully saturated rings. The van der Waals surface area contributed by atoms with Crippen LogP contribution in [0, 0.1) is 6.92 Å². The monoisotopic (exact) mass is 329 g/mol. The maximum Gasteiger partial charge on any atom is 0.231 e. The van der Waals surface area contributed by atoms with Gasteiger partial charge in [-0.25, -0.2) is 0 Å². The van der Waals surface area contributed by atoms with Crippen molar-refractivity contribution in [3.63, 3.8) is 0 Å². The standard InChI is InChI=1S/C17H19N3O4/c1-10-7-18-20(8-10)17-12(6-13(17)21)19-16(22)5-11-2-3-14-15(4-11)24-9-23-14/h2-4,7-8,12-13,17,21H,5-6,9H2,1H3,(H,19,22)/t12-,13+,17+/m0/s1. The fourth-order valence-electron chi connectivity index (χ4n) is 3.21. The molecule has 126 valence electrons. The van der Waals surface area contributed by atoms with E-state index in [1.54, 1.807) is 10.9 Å². The maximum atomic E-state index is 12.3. The van der Waals surface area contributed by atoms with Crippen molar-refractivity contribution >= 4 is 5.91 Å². The number of nitrogens with one attached hydrogen (secondary N) is 1. The predicted octanol–water partition coefficient (Wildman–Crippen LogP) is 0.953. The summed E-state index contributed by atoms with van der Waals surface area (Å²) in [5, 5.41) is 17.2. The predicted molar refractivity (Wildman–Crippen MR) is 84.8 cm³/mol. The lowest BCUT2D eigenvalue weighted by molar-refractivity contribution is -0.124. The van der Waals surface area contributed by atoms with Gasteiger partial charge in [-0.2, -0.15) is 5.10 Å². The Morgan fingerprint density at radius 1 is 1.42 bits per heavy atom. The highest BCUT2D eigenvalue weighted by molar-refractivity contribution is 5.79. The first-order chi connectivity index (χ1) is 11.6. The summed E-state index contributed by atoms with van der Waals surface area (Å²) in [7, 11) is 0. The summed E-state index contributed by atoms with van der Waals surface area (Å²) in [5.74, 6) is 1.29. The van der Waals surface area contributed by atoms with Crippen LogP contribution in [0.25, 0.3) is 0 Å². The van der Waals surface area contributed by atoms with E-state index in [4.69, 9.17) is 9.47 Å². The lowest BCUT2D eigenvalue weighted by atomic mass is 9.83. The molecule has 1 aromatic heterocycles. The summed E-state index contributed by atoms with van der Waals surface area (Å²) in [4.78, 5) is 12.3. The Bertz CT molecular complexity index is 773. The molecule has 0 spiro atoms. The lowest BCUT2D eigenvalue weighted by Crippen LogP contribution is -2.56. The van der Waals surface area contributed by atoms with E-state index < -0.39 is 6.10 Å². The average Bonchev–Trinajstić information content (AvgIpc) is 3.15. The Morgan fingerprint density at radius 3 is 3.00 bits per heavy atom. The molecule has 2 aromatic rings. The van der Waals surface area contributed by atoms with Crippen molar-refractivity contribution in [2.24, 2.45) is 0 Å². The van der Waals surface area contributed by atoms with Crippen molar-refractivity contribution in [2.75, 3.05) is 6.79 Å². The third-order valence-corrected chi connectivity index (χ3v) is 4.49. The van der Waals surface area contributed by atoms with Gasteiger partial charge in [-0.3, -0.25) is 9.48 Å². The summed E-state index contributed by atoms with van der Waals surface area (Å²) in [6.07, 6.45) is 3.94. The number of amides is 1. The van der Waals surface area contributed by atoms with Gasteiger partial charge in [0, 0.05) is 6.20 Å². The minimum absolute atomic E-state index is 0.0837. The topological polar surface area (TPSA) is 85.6 Å². The Balaban J connectivity index is 1.39. The van der Waals surface area contributed by atoms with Gasteiger partial charge in [0.05, 0.1) is 30.8 Å². The molecule has 24 heavy (non-hydrogen) atoms. The lowest BCUT2D eigenvalue weighted by Gasteiger charge is -2.41. The van der Waals surface area contributed by atoms with Gasteiger partial charge in [0.2, 0.25) is 12.7 Å². The van der Waals surface area contributed by atoms with Crippen molar-refractivity contribution in [3.05, 3.63) is 41.7 Å². The smallest absolute Gasteiger partial charge is 0.231 e. The highest BCUT2D eigenvalue weighted by Crippen LogP contribution is 2.34. The number of hydrogen-bond donors (Lipinski definition) is 2. The Hall–Kier alpha value is -2.54. The third kappa shape index (κ3) is 2.71. The van der Waals surface area contributed by atoms with Gasteiger partial charge < -0.3 is 19.9 Å². The molecule has 0 saturated heterocycles. The third-order valence-electron chi connectivity index (χ3n) is 4.49. The van der Waals surface area contributed by atoms with Crippen LogP contribution in [0.15, 0.2) is 30.6 Å². The number of rotatable bonds is 4. The molecule has 0 bridgehead atoms. The second kappa shape index (κ2) is 5.83. The average molecular weight is 329 g/mol. The number of hydrogen-bond acceptors (Lipinski definition) is 5. The summed E-state index contributed by atoms with van der Waals surface area (Å²) in [6.45, 7) is 2.16. The first-order valence-corrected chi connectivity index (χ1v) is 7.97. The summed E-state index contributed by atoms with van der Waals surface area (Å²) in [5.41, 5.74) is 1.89. The molecule has 4 rings (SSSR count). The van der Waals surface area contributed by atoms with Gasteiger partial charge in [-0.05, 0) is 36.6 Å². The number of carbonyl (C=O) groups excluding carboxylic acids is 1. The van der Waals surface area contributed by atoms with Crippen LogP contribution in [0.1, 0.15) is 23.6 Å². The molecule has 7 nitrogen and oxygen atoms in total. The second-order valence-corrected chi connectivity index (χ2v) is 6.33. The molecule has 7 heteroatoms. The largest absolute Gasteiger partial charge is 0.454 e. The first kappa shape index (κ1) is 15.0. The van der Waals surface area contributed by atoms with Gasteiger partial charge in [-0.15, -0.1) is 0 Å². The molecule has 1 amide bonds. The number of carbonyl (C=O) groups is 1. The fraction of sp³-hybridized carbons (Fsp3) is 0.412. The van der Waals surface area contributed by atoms with E-state index in [1.807, 2.05) is 31.3 Å². The fourth-order valence-corrected chi connectivity index (χ4v) is 3.21. The van der Waals surface area contributed by atoms with Crippen LogP contribution in [0.3, 0.4) is 0 Å². The molecule has 1 aliphatic carbocycles. The number of benzene rings is 1. The van der Waals surface area contributed by atoms with Gasteiger partial charge in [-0.1, -0.05) is 6.07 Å². The maximum absolute atomic E-state index is 12.3. The molecule has 1 aromatic carbocycles. The first-order valence-electron chi connectivity index (χ1n) is 7.97. The number of ether oxygens (including phenoxy) is 2. The molecule has 0 unspecified atom stereocenters. The van der Waals surface area contributed by atoms with E-state index in [0.29, 0.717) is 17.9 Å². The van der Waals surface area contributed by atoms with E-state index in [0.717, 1.165) is 11.1 Å². The zero-order valence-electron chi connectivity index (χ0n) is 13.3. The number of aliphatic hydroxyl groups excluding tert-OH is 1. The van der Waals surface area contributed by atoms with Crippen molar-refractivity contribution in [3.8, 4) is 11.5 Å². The Morgan fingerprint density at radius 2 is 2.25 bits per heavy atom. The van der Waals surface area contributed by atoms with E-state index in [9.17, 15) is 9.90 Å². The van der Waals surface area contributed by atoms with E-state index in [-0.39, 0.29) is 31.2 Å². The second-order valence-electron chi connectivity index (χ2n) is 6.33. The van der Waals surface area contributed by atoms with Crippen LogP contribution in [-0.4, -0.2) is 39.7 Å². The molecule has 2 heterocycles. The van der Waals surface area contributed by atoms with Crippen LogP contribution in [0.5, 0.6) is 11.5 Å². The molecule has 1 aliphatic heterocycles. The van der Waals surface area contributed by atoms with Crippen LogP contribution in [-0.2, 0) is 11.2 Å². The van der Waals surface area contributed by atoms with Crippen LogP contribution in [0.2, 0.25) is 0 Å². The summed E-state index contributed by atoms with van der Waals surface area (Å²) in [6, 6.07) is 5.18. The molecule has 2 N–H and O–H groups in total. The van der Waals surface area contributed by atoms with Gasteiger partial charge in [0.25, 0.3) is 0 Å². The number of fused-ring (bicyclic) bond motifs is 1. The molecule has 1 saturated carbocycles. The molecular weight excluding hydrogens is 310 g/mol. The van der Waals surface area contributed by atoms with Gasteiger partial charge >= 0.3 is 0 Å². The quantitative estimate of drug-likeness (QED) is 0.872. The van der Waals surface area contributed by atoms with Crippen molar-refractivity contribution < 1.29 is 19.4 Å². The van der Waals surface area contributed by atoms with Crippen molar-refractivity contribution in [2.45, 2.75) is 38.0 Å². The number of aromatic nitrogens is 2. The van der Waals surface area contributed by atoms with E-state index >= 15 is 0 Å². The highest BCUT2D eigenvalue weighted by Gasteiger charge is 2.42. The van der Waals surface area contributed by atoms with Gasteiger partial charge in [0.1, 0.15) is 0 Å². The van der Waals surface area contributed by atoms with Gasteiger partial charge in [0.15, 0.2) is 11.5 Å². The Kier molecular flexibility index (Phi) is 3.65. The van der Waals surface area contributed by atoms with E-state index in [2.05, 4.69) is 10.4 Å². The van der Waals surface area contributed by atoms with Crippen molar-refractivity contribution in [1.82, 2.24) is 15.1 Å². The van der Waals surface area contributed by atoms with Crippen LogP contribution >= 0.6 is 0 Å². The number of aryl methyl sites for hydroxylation is 1. The minimum atomic E-state index is -0.486. The van der Waals surface area contributed by atoms with E-state index in [1.165, 1.54) is 0 Å². The Labute approximate surface area is 139 Å². The van der Waals surface area contributed by atoms with Crippen LogP contribution in [0.4, 0.5) is 0 Å². The molecular formula is C17H19N3O4. The van der Waals surface area contributed by atoms with Crippen molar-refractivity contribution in [1.29, 1.82) is 0 Å². The summed E-state index contributed by atoms with van der Waals surface area (Å²) < 4.78 is 12.3. The zero-order chi connectivity index (χ0) is 16.7. The molecule has 3 atom stereocenters. The minimum Gasteiger partial charge on any atom is -0.454 e. The normalized spacial score (nSPS) is 24.5. The number of aliphatic hydroxyl groups is 1. The molecule has 2 aliphatic rings. The number of nitrogens with zero attached hydrogens (tertiary/aromatic N) is 2. The highest BCUT2D eigenvalue weighted by atomic mass is 16.7. The summed E-state index contributed by atoms with van der Waals surface area (Å²) >= 11 is 0.